The summed E-state index contributed by atoms with van der Waals surface area (Å²) in [7, 11) is -4.37. The fourth-order valence-corrected chi connectivity index (χ4v) is 8.11. The molecule has 2 aromatic carbocycles. The molecular weight excluding hydrogens is 642 g/mol. The number of halogens is 8. The molecule has 1 heterocycles. The van der Waals surface area contributed by atoms with Crippen molar-refractivity contribution in [1.29, 1.82) is 0 Å². The maximum absolute atomic E-state index is 14.8. The molecule has 0 saturated carbocycles. The Morgan fingerprint density at radius 1 is 1.03 bits per heavy atom. The van der Waals surface area contributed by atoms with E-state index in [2.05, 4.69) is 0 Å². The second-order valence-corrected chi connectivity index (χ2v) is 12.3. The molecule has 0 unspecified atom stereocenters. The van der Waals surface area contributed by atoms with E-state index in [1.54, 1.807) is 0 Å². The number of carbonyl (C=O) groups excluding carboxylic acids is 1. The van der Waals surface area contributed by atoms with Crippen LogP contribution in [-0.4, -0.2) is 44.2 Å². The van der Waals surface area contributed by atoms with Crippen molar-refractivity contribution in [3.8, 4) is 12.3 Å². The van der Waals surface area contributed by atoms with Crippen LogP contribution >= 0.6 is 22.6 Å². The Kier molecular flexibility index (Phi) is 6.63. The number of hydrogen-bond acceptors (Lipinski definition) is 3. The van der Waals surface area contributed by atoms with Gasteiger partial charge in [0.25, 0.3) is 5.91 Å². The molecule has 0 N–H and O–H groups in total. The molecule has 2 aliphatic rings. The Morgan fingerprint density at radius 2 is 1.62 bits per heavy atom. The number of alkyl halides is 7. The fraction of sp³-hybridized carbons (Fsp3) is 0.375. The summed E-state index contributed by atoms with van der Waals surface area (Å²) in [6, 6.07) is 6.23. The Morgan fingerprint density at radius 3 is 2.16 bits per heavy atom. The van der Waals surface area contributed by atoms with Crippen LogP contribution in [0.25, 0.3) is 0 Å². The van der Waals surface area contributed by atoms with Crippen LogP contribution in [-0.2, 0) is 31.5 Å². The smallest absolute Gasteiger partial charge is 0.327 e. The van der Waals surface area contributed by atoms with Gasteiger partial charge in [0, 0.05) is 15.7 Å². The second kappa shape index (κ2) is 8.86. The number of sulfone groups is 1. The molecule has 1 aliphatic heterocycles. The van der Waals surface area contributed by atoms with Gasteiger partial charge in [0.05, 0.1) is 10.9 Å². The van der Waals surface area contributed by atoms with Crippen molar-refractivity contribution in [2.45, 2.75) is 53.0 Å². The molecule has 1 fully saturated rings. The summed E-state index contributed by atoms with van der Waals surface area (Å²) in [6.45, 7) is -0.101. The fourth-order valence-electron chi connectivity index (χ4n) is 5.38. The summed E-state index contributed by atoms with van der Waals surface area (Å²) in [5, 5.41) is 0. The van der Waals surface area contributed by atoms with Crippen molar-refractivity contribution < 1.29 is 43.9 Å². The van der Waals surface area contributed by atoms with Gasteiger partial charge in [-0.2, -0.15) is 26.3 Å². The number of hydrogen-bond donors (Lipinski definition) is 0. The monoisotopic (exact) mass is 659 g/mol. The van der Waals surface area contributed by atoms with Gasteiger partial charge in [-0.3, -0.25) is 4.79 Å². The summed E-state index contributed by atoms with van der Waals surface area (Å²) in [4.78, 5) is 13.5. The van der Waals surface area contributed by atoms with E-state index in [-0.39, 0.29) is 41.8 Å². The molecule has 198 valence electrons. The van der Waals surface area contributed by atoms with Gasteiger partial charge in [0.1, 0.15) is 4.75 Å². The predicted molar refractivity (Wildman–Crippen MR) is 127 cm³/mol. The Bertz CT molecular complexity index is 1380. The molecule has 37 heavy (non-hydrogen) atoms. The molecule has 4 rings (SSSR count). The van der Waals surface area contributed by atoms with Gasteiger partial charge < -0.3 is 4.90 Å². The quantitative estimate of drug-likeness (QED) is 0.251. The normalized spacial score (nSPS) is 22.2. The highest BCUT2D eigenvalue weighted by Crippen LogP contribution is 2.56. The maximum Gasteiger partial charge on any atom is 0.435 e. The Hall–Kier alpha value is -2.34. The number of aryl methyl sites for hydroxylation is 1. The first-order valence-corrected chi connectivity index (χ1v) is 13.3. The molecular formula is C24H17F7INO3S. The van der Waals surface area contributed by atoms with Crippen LogP contribution in [0.4, 0.5) is 30.7 Å². The second-order valence-electron chi connectivity index (χ2n) is 8.82. The summed E-state index contributed by atoms with van der Waals surface area (Å²) in [5.41, 5.74) is -7.60. The summed E-state index contributed by atoms with van der Waals surface area (Å²) in [5.74, 6) is 1.14. The van der Waals surface area contributed by atoms with Gasteiger partial charge in [-0.1, -0.05) is 18.2 Å². The molecule has 1 amide bonds. The third kappa shape index (κ3) is 3.93. The highest BCUT2D eigenvalue weighted by Gasteiger charge is 2.73. The number of rotatable bonds is 3. The first-order valence-electron chi connectivity index (χ1n) is 10.8. The minimum atomic E-state index is -6.31. The van der Waals surface area contributed by atoms with Crippen molar-refractivity contribution in [2.24, 2.45) is 0 Å². The molecule has 1 saturated heterocycles. The van der Waals surface area contributed by atoms with Crippen molar-refractivity contribution in [1.82, 2.24) is 4.90 Å². The van der Waals surface area contributed by atoms with Crippen LogP contribution in [0.2, 0.25) is 0 Å². The summed E-state index contributed by atoms with van der Waals surface area (Å²) >= 11 is 1.96. The van der Waals surface area contributed by atoms with Gasteiger partial charge in [0.15, 0.2) is 9.84 Å². The Balaban J connectivity index is 1.97. The van der Waals surface area contributed by atoms with Gasteiger partial charge >= 0.3 is 18.0 Å². The van der Waals surface area contributed by atoms with E-state index in [1.165, 1.54) is 29.2 Å². The zero-order valence-corrected chi connectivity index (χ0v) is 21.6. The van der Waals surface area contributed by atoms with Crippen LogP contribution in [0.3, 0.4) is 0 Å². The molecule has 0 bridgehead atoms. The number of amides is 1. The maximum atomic E-state index is 14.8. The third-order valence-corrected chi connectivity index (χ3v) is 10.3. The van der Waals surface area contributed by atoms with E-state index in [0.29, 0.717) is 15.7 Å². The zero-order valence-electron chi connectivity index (χ0n) is 18.6. The van der Waals surface area contributed by atoms with Crippen molar-refractivity contribution in [2.75, 3.05) is 6.54 Å². The average molecular weight is 659 g/mol. The number of benzene rings is 2. The molecule has 4 nitrogen and oxygen atoms in total. The minimum absolute atomic E-state index is 0.0786. The number of fused-ring (bicyclic) bond motifs is 3. The number of nitrogens with zero attached hydrogens (tertiary/aromatic N) is 1. The van der Waals surface area contributed by atoms with Gasteiger partial charge in [-0.25, -0.2) is 12.8 Å². The van der Waals surface area contributed by atoms with E-state index < -0.39 is 50.1 Å². The molecule has 2 aromatic rings. The Labute approximate surface area is 221 Å². The van der Waals surface area contributed by atoms with Crippen LogP contribution in [0.1, 0.15) is 29.5 Å². The van der Waals surface area contributed by atoms with E-state index in [9.17, 15) is 43.9 Å². The standard InChI is InChI=1S/C24H17F7INO3S/c1-2-20(34)33-12-11-21(37(35,36)17-7-5-16(32)6-8-17)18-9-4-15(13-14(18)3-10-19(21)33)22(25,23(26,27)28)24(29,30)31/h1,4-9,13,19H,3,10-12H2/t19-,21-/m1/s1. The first kappa shape index (κ1) is 27.7. The molecule has 0 aromatic heterocycles. The van der Waals surface area contributed by atoms with Crippen LogP contribution in [0.5, 0.6) is 0 Å². The highest BCUT2D eigenvalue weighted by molar-refractivity contribution is 14.1. The van der Waals surface area contributed by atoms with Crippen molar-refractivity contribution >= 4 is 38.3 Å². The zero-order chi connectivity index (χ0) is 27.6. The van der Waals surface area contributed by atoms with Crippen LogP contribution in [0.15, 0.2) is 47.4 Å². The first-order chi connectivity index (χ1) is 17.0. The molecule has 1 aliphatic carbocycles. The minimum Gasteiger partial charge on any atom is -0.327 e. The number of likely N-dealkylation sites (tertiary alicyclic amines) is 1. The lowest BCUT2D eigenvalue weighted by molar-refractivity contribution is -0.348. The lowest BCUT2D eigenvalue weighted by Crippen LogP contribution is -2.53. The third-order valence-electron chi connectivity index (χ3n) is 7.05. The average Bonchev–Trinajstić information content (AvgIpc) is 3.23. The largest absolute Gasteiger partial charge is 0.435 e. The van der Waals surface area contributed by atoms with Crippen molar-refractivity contribution in [3.05, 3.63) is 62.7 Å². The van der Waals surface area contributed by atoms with E-state index in [1.807, 2.05) is 28.5 Å². The lowest BCUT2D eigenvalue weighted by Gasteiger charge is -2.42. The van der Waals surface area contributed by atoms with E-state index in [4.69, 9.17) is 6.42 Å². The molecule has 13 heteroatoms. The van der Waals surface area contributed by atoms with E-state index >= 15 is 0 Å². The SMILES string of the molecule is C#CC(=O)N1CC[C@@]2(S(=O)(=O)c3ccc(I)cc3)c3ccc(C(F)(C(F)(F)F)C(F)(F)F)cc3CC[C@@H]12. The van der Waals surface area contributed by atoms with Gasteiger partial charge in [-0.05, 0) is 83.2 Å². The van der Waals surface area contributed by atoms with Crippen LogP contribution in [0, 0.1) is 15.9 Å². The van der Waals surface area contributed by atoms with Crippen molar-refractivity contribution in [3.63, 3.8) is 0 Å². The molecule has 2 atom stereocenters. The lowest BCUT2D eigenvalue weighted by atomic mass is 9.76. The van der Waals surface area contributed by atoms with Gasteiger partial charge in [0.2, 0.25) is 0 Å². The predicted octanol–water partition coefficient (Wildman–Crippen LogP) is 5.43. The van der Waals surface area contributed by atoms with E-state index in [0.717, 1.165) is 6.07 Å². The number of terminal acetylenes is 1. The topological polar surface area (TPSA) is 54.5 Å². The summed E-state index contributed by atoms with van der Waals surface area (Å²) in [6.07, 6.45) is -7.90. The molecule has 0 radical (unpaired) electrons. The molecule has 0 spiro atoms. The van der Waals surface area contributed by atoms with Gasteiger partial charge in [-0.15, -0.1) is 6.42 Å². The highest BCUT2D eigenvalue weighted by atomic mass is 127. The van der Waals surface area contributed by atoms with Crippen LogP contribution < -0.4 is 0 Å². The summed E-state index contributed by atoms with van der Waals surface area (Å²) < 4.78 is 122. The number of carbonyl (C=O) groups is 1.